The predicted octanol–water partition coefficient (Wildman–Crippen LogP) is 2.78. The molecule has 0 aliphatic heterocycles. The summed E-state index contributed by atoms with van der Waals surface area (Å²) in [5, 5.41) is 3.92. The number of rotatable bonds is 3. The first-order valence-electron chi connectivity index (χ1n) is 7.19. The fourth-order valence-electron chi connectivity index (χ4n) is 2.63. The number of fused-ring (bicyclic) bond motifs is 1. The second-order valence-corrected chi connectivity index (χ2v) is 7.05. The van der Waals surface area contributed by atoms with Gasteiger partial charge in [-0.15, -0.1) is 0 Å². The van der Waals surface area contributed by atoms with Gasteiger partial charge in [-0.1, -0.05) is 22.9 Å². The molecule has 0 radical (unpaired) electrons. The van der Waals surface area contributed by atoms with E-state index in [-0.39, 0.29) is 4.90 Å². The third-order valence-electron chi connectivity index (χ3n) is 3.89. The molecule has 0 unspecified atom stereocenters. The molecule has 0 N–H and O–H groups in total. The average Bonchev–Trinajstić information content (AvgIpc) is 2.88. The Balaban J connectivity index is 1.86. The van der Waals surface area contributed by atoms with Gasteiger partial charge < -0.3 is 4.57 Å². The van der Waals surface area contributed by atoms with Crippen molar-refractivity contribution >= 4 is 15.8 Å². The van der Waals surface area contributed by atoms with Crippen LogP contribution in [0.2, 0.25) is 0 Å². The van der Waals surface area contributed by atoms with Gasteiger partial charge in [0.1, 0.15) is 4.90 Å². The minimum atomic E-state index is -3.87. The Hall–Kier alpha value is -2.08. The van der Waals surface area contributed by atoms with Crippen molar-refractivity contribution in [2.45, 2.75) is 31.1 Å². The highest BCUT2D eigenvalue weighted by Crippen LogP contribution is 2.23. The van der Waals surface area contributed by atoms with Gasteiger partial charge in [0.15, 0.2) is 0 Å². The Kier molecular flexibility index (Phi) is 3.78. The summed E-state index contributed by atoms with van der Waals surface area (Å²) in [6.45, 7) is 1.90. The molecule has 1 aromatic carbocycles. The molecule has 1 heterocycles. The van der Waals surface area contributed by atoms with E-state index >= 15 is 0 Å². The van der Waals surface area contributed by atoms with E-state index in [2.05, 4.69) is 5.16 Å². The minimum absolute atomic E-state index is 0.117. The van der Waals surface area contributed by atoms with E-state index in [0.29, 0.717) is 5.71 Å². The fraction of sp³-hybridized carbons (Fsp3) is 0.312. The van der Waals surface area contributed by atoms with Crippen LogP contribution in [0.4, 0.5) is 0 Å². The topological polar surface area (TPSA) is 60.7 Å². The van der Waals surface area contributed by atoms with Crippen molar-refractivity contribution in [1.82, 2.24) is 4.57 Å². The van der Waals surface area contributed by atoms with Crippen LogP contribution < -0.4 is 0 Å². The predicted molar refractivity (Wildman–Crippen MR) is 84.3 cm³/mol. The summed E-state index contributed by atoms with van der Waals surface area (Å²) in [4.78, 5) is 0.117. The van der Waals surface area contributed by atoms with Gasteiger partial charge in [0, 0.05) is 24.5 Å². The Labute approximate surface area is 130 Å². The molecule has 0 bridgehead atoms. The lowest BCUT2D eigenvalue weighted by Crippen LogP contribution is -2.14. The van der Waals surface area contributed by atoms with E-state index in [1.54, 1.807) is 12.1 Å². The van der Waals surface area contributed by atoms with E-state index in [4.69, 9.17) is 4.28 Å². The molecule has 22 heavy (non-hydrogen) atoms. The van der Waals surface area contributed by atoms with Crippen molar-refractivity contribution in [3.05, 3.63) is 53.3 Å². The molecule has 1 aliphatic carbocycles. The van der Waals surface area contributed by atoms with E-state index in [0.717, 1.165) is 30.4 Å². The van der Waals surface area contributed by atoms with Crippen LogP contribution in [0.5, 0.6) is 0 Å². The van der Waals surface area contributed by atoms with Gasteiger partial charge >= 0.3 is 10.1 Å². The van der Waals surface area contributed by atoms with Crippen LogP contribution in [0, 0.1) is 6.92 Å². The Morgan fingerprint density at radius 2 is 1.86 bits per heavy atom. The minimum Gasteiger partial charge on any atom is -0.354 e. The molecule has 0 saturated carbocycles. The van der Waals surface area contributed by atoms with Gasteiger partial charge in [-0.05, 0) is 44.4 Å². The zero-order valence-corrected chi connectivity index (χ0v) is 13.4. The molecule has 6 heteroatoms. The lowest BCUT2D eigenvalue weighted by atomic mass is 9.96. The number of hydrogen-bond donors (Lipinski definition) is 0. The van der Waals surface area contributed by atoms with Crippen LogP contribution in [0.3, 0.4) is 0 Å². The Bertz CT molecular complexity index is 818. The quantitative estimate of drug-likeness (QED) is 0.818. The van der Waals surface area contributed by atoms with Gasteiger partial charge in [0.05, 0.1) is 5.71 Å². The van der Waals surface area contributed by atoms with Crippen LogP contribution in [0.25, 0.3) is 0 Å². The molecule has 2 aromatic rings. The average molecular weight is 318 g/mol. The molecule has 0 fully saturated rings. The van der Waals surface area contributed by atoms with E-state index in [9.17, 15) is 8.42 Å². The first-order chi connectivity index (χ1) is 10.5. The second-order valence-electron chi connectivity index (χ2n) is 5.52. The summed E-state index contributed by atoms with van der Waals surface area (Å²) in [6.07, 6.45) is 4.60. The maximum absolute atomic E-state index is 12.2. The van der Waals surface area contributed by atoms with Crippen LogP contribution in [0.15, 0.2) is 46.6 Å². The van der Waals surface area contributed by atoms with Crippen molar-refractivity contribution in [3.8, 4) is 0 Å². The number of hydrogen-bond acceptors (Lipinski definition) is 4. The molecule has 116 valence electrons. The summed E-state index contributed by atoms with van der Waals surface area (Å²) in [5.74, 6) is 0. The van der Waals surface area contributed by atoms with Crippen molar-refractivity contribution in [2.24, 2.45) is 12.2 Å². The molecular weight excluding hydrogens is 300 g/mol. The van der Waals surface area contributed by atoms with E-state index < -0.39 is 10.1 Å². The number of aromatic nitrogens is 1. The maximum atomic E-state index is 12.2. The Morgan fingerprint density at radius 1 is 1.14 bits per heavy atom. The van der Waals surface area contributed by atoms with Gasteiger partial charge in [-0.3, -0.25) is 4.28 Å². The normalized spacial score (nSPS) is 16.5. The smallest absolute Gasteiger partial charge is 0.354 e. The highest BCUT2D eigenvalue weighted by molar-refractivity contribution is 7.86. The standard InChI is InChI=1S/C16H18N2O3S/c1-12-6-8-13(9-7-12)22(19,20)21-17-15-4-3-5-16-14(15)10-11-18(16)2/h6-11H,3-5H2,1-2H3. The van der Waals surface area contributed by atoms with Crippen LogP contribution in [0.1, 0.15) is 29.7 Å². The third kappa shape index (κ3) is 2.78. The number of nitrogens with zero attached hydrogens (tertiary/aromatic N) is 2. The monoisotopic (exact) mass is 318 g/mol. The van der Waals surface area contributed by atoms with Gasteiger partial charge in [-0.25, -0.2) is 0 Å². The fourth-order valence-corrected chi connectivity index (χ4v) is 3.37. The summed E-state index contributed by atoms with van der Waals surface area (Å²) < 4.78 is 31.3. The van der Waals surface area contributed by atoms with E-state index in [1.807, 2.05) is 30.8 Å². The third-order valence-corrected chi connectivity index (χ3v) is 5.02. The molecule has 0 amide bonds. The highest BCUT2D eigenvalue weighted by atomic mass is 32.2. The van der Waals surface area contributed by atoms with Crippen LogP contribution in [-0.2, 0) is 27.9 Å². The first-order valence-corrected chi connectivity index (χ1v) is 8.60. The van der Waals surface area contributed by atoms with Gasteiger partial charge in [0.2, 0.25) is 0 Å². The molecule has 3 rings (SSSR count). The van der Waals surface area contributed by atoms with Crippen molar-refractivity contribution in [1.29, 1.82) is 0 Å². The van der Waals surface area contributed by atoms with Crippen LogP contribution >= 0.6 is 0 Å². The molecule has 0 atom stereocenters. The zero-order chi connectivity index (χ0) is 15.7. The lowest BCUT2D eigenvalue weighted by molar-refractivity contribution is 0.337. The molecule has 5 nitrogen and oxygen atoms in total. The zero-order valence-electron chi connectivity index (χ0n) is 12.6. The summed E-state index contributed by atoms with van der Waals surface area (Å²) in [5.41, 5.74) is 3.83. The maximum Gasteiger partial charge on any atom is 0.358 e. The SMILES string of the molecule is Cc1ccc(S(=O)(=O)ON=C2CCCc3c2ccn3C)cc1. The molecule has 0 saturated heterocycles. The number of oxime groups is 1. The molecule has 1 aromatic heterocycles. The van der Waals surface area contributed by atoms with Crippen molar-refractivity contribution < 1.29 is 12.7 Å². The molecule has 0 spiro atoms. The van der Waals surface area contributed by atoms with Crippen molar-refractivity contribution in [2.75, 3.05) is 0 Å². The van der Waals surface area contributed by atoms with Crippen molar-refractivity contribution in [3.63, 3.8) is 0 Å². The first kappa shape index (κ1) is 14.8. The highest BCUT2D eigenvalue weighted by Gasteiger charge is 2.21. The summed E-state index contributed by atoms with van der Waals surface area (Å²) >= 11 is 0. The van der Waals surface area contributed by atoms with Gasteiger partial charge in [-0.2, -0.15) is 8.42 Å². The number of aryl methyl sites for hydroxylation is 2. The summed E-state index contributed by atoms with van der Waals surface area (Å²) in [6, 6.07) is 8.48. The second kappa shape index (κ2) is 5.61. The Morgan fingerprint density at radius 3 is 2.59 bits per heavy atom. The largest absolute Gasteiger partial charge is 0.358 e. The van der Waals surface area contributed by atoms with E-state index in [1.165, 1.54) is 17.8 Å². The van der Waals surface area contributed by atoms with Gasteiger partial charge in [0.25, 0.3) is 0 Å². The number of benzene rings is 1. The molecular formula is C16H18N2O3S. The molecule has 1 aliphatic rings. The lowest BCUT2D eigenvalue weighted by Gasteiger charge is -2.15. The summed E-state index contributed by atoms with van der Waals surface area (Å²) in [7, 11) is -1.89. The van der Waals surface area contributed by atoms with Crippen LogP contribution in [-0.4, -0.2) is 18.7 Å².